The van der Waals surface area contributed by atoms with Crippen LogP contribution in [0.25, 0.3) is 0 Å². The van der Waals surface area contributed by atoms with Gasteiger partial charge in [0.2, 0.25) is 0 Å². The van der Waals surface area contributed by atoms with E-state index in [1.165, 1.54) is 5.56 Å². The molecule has 1 fully saturated rings. The molecule has 1 aromatic carbocycles. The maximum absolute atomic E-state index is 9.84. The molecule has 0 aromatic heterocycles. The Morgan fingerprint density at radius 2 is 2.00 bits per heavy atom. The molecule has 4 nitrogen and oxygen atoms in total. The average molecular weight is 335 g/mol. The topological polar surface area (TPSA) is 41.9 Å². The molecule has 0 radical (unpaired) electrons. The summed E-state index contributed by atoms with van der Waals surface area (Å²) in [6.07, 6.45) is 4.28. The van der Waals surface area contributed by atoms with Gasteiger partial charge in [0.1, 0.15) is 0 Å². The Morgan fingerprint density at radius 1 is 1.17 bits per heavy atom. The highest BCUT2D eigenvalue weighted by molar-refractivity contribution is 5.46. The lowest BCUT2D eigenvalue weighted by Crippen LogP contribution is -2.30. The summed E-state index contributed by atoms with van der Waals surface area (Å²) < 4.78 is 11.8. The van der Waals surface area contributed by atoms with Crippen LogP contribution in [-0.4, -0.2) is 42.9 Å². The van der Waals surface area contributed by atoms with Gasteiger partial charge in [-0.1, -0.05) is 32.4 Å². The fraction of sp³-hybridized carbons (Fsp3) is 0.700. The molecule has 0 bridgehead atoms. The summed E-state index contributed by atoms with van der Waals surface area (Å²) >= 11 is 0. The molecule has 0 amide bonds. The first-order chi connectivity index (χ1) is 11.7. The van der Waals surface area contributed by atoms with Gasteiger partial charge in [-0.25, -0.2) is 0 Å². The predicted molar refractivity (Wildman–Crippen MR) is 97.7 cm³/mol. The van der Waals surface area contributed by atoms with Crippen LogP contribution >= 0.6 is 0 Å². The molecular formula is C20H33NO3. The second kappa shape index (κ2) is 9.28. The number of likely N-dealkylation sites (tertiary alicyclic amines) is 1. The first-order valence-electron chi connectivity index (χ1n) is 9.38. The summed E-state index contributed by atoms with van der Waals surface area (Å²) in [7, 11) is 0. The Labute approximate surface area is 146 Å². The van der Waals surface area contributed by atoms with Gasteiger partial charge in [-0.15, -0.1) is 0 Å². The highest BCUT2D eigenvalue weighted by atomic mass is 16.5. The van der Waals surface area contributed by atoms with Gasteiger partial charge in [0.15, 0.2) is 11.5 Å². The van der Waals surface area contributed by atoms with Crippen LogP contribution in [0.4, 0.5) is 0 Å². The van der Waals surface area contributed by atoms with E-state index in [1.807, 2.05) is 19.1 Å². The number of hydrogen-bond donors (Lipinski definition) is 1. The number of hydrogen-bond acceptors (Lipinski definition) is 4. The van der Waals surface area contributed by atoms with Crippen molar-refractivity contribution in [3.05, 3.63) is 23.8 Å². The van der Waals surface area contributed by atoms with Crippen LogP contribution in [0.3, 0.4) is 0 Å². The van der Waals surface area contributed by atoms with Crippen LogP contribution in [-0.2, 0) is 6.54 Å². The van der Waals surface area contributed by atoms with Crippen molar-refractivity contribution >= 4 is 0 Å². The number of aliphatic hydroxyl groups is 1. The quantitative estimate of drug-likeness (QED) is 0.705. The second-order valence-corrected chi connectivity index (χ2v) is 6.89. The first-order valence-corrected chi connectivity index (χ1v) is 9.38. The summed E-state index contributed by atoms with van der Waals surface area (Å²) in [5.74, 6) is 1.72. The minimum atomic E-state index is 0.0801. The zero-order chi connectivity index (χ0) is 17.4. The standard InChI is InChI=1S/C20H33NO3/c1-4-10-20(16-22)11-12-21(15-20)14-17-8-7-9-18(23-6-3)19(17)24-13-5-2/h7-9,22H,4-6,10-16H2,1-3H3. The Balaban J connectivity index is 2.12. The number of aliphatic hydroxyl groups excluding tert-OH is 1. The van der Waals surface area contributed by atoms with Crippen molar-refractivity contribution in [3.8, 4) is 11.5 Å². The Kier molecular flexibility index (Phi) is 7.38. The lowest BCUT2D eigenvalue weighted by Gasteiger charge is -2.27. The zero-order valence-corrected chi connectivity index (χ0v) is 15.5. The van der Waals surface area contributed by atoms with E-state index in [2.05, 4.69) is 24.8 Å². The third-order valence-electron chi connectivity index (χ3n) is 4.84. The highest BCUT2D eigenvalue weighted by Crippen LogP contribution is 2.38. The molecule has 0 spiro atoms. The van der Waals surface area contributed by atoms with Crippen molar-refractivity contribution in [2.45, 2.75) is 53.0 Å². The van der Waals surface area contributed by atoms with Gasteiger partial charge in [0.05, 0.1) is 13.2 Å². The largest absolute Gasteiger partial charge is 0.490 e. The molecule has 1 aliphatic rings. The molecule has 1 aromatic rings. The number of nitrogens with zero attached hydrogens (tertiary/aromatic N) is 1. The zero-order valence-electron chi connectivity index (χ0n) is 15.5. The molecule has 1 saturated heterocycles. The maximum atomic E-state index is 9.84. The van der Waals surface area contributed by atoms with E-state index in [0.717, 1.165) is 56.8 Å². The monoisotopic (exact) mass is 335 g/mol. The SMILES string of the molecule is CCCOc1c(CN2CCC(CO)(CCC)C2)cccc1OCC. The van der Waals surface area contributed by atoms with E-state index in [0.29, 0.717) is 13.2 Å². The van der Waals surface area contributed by atoms with E-state index in [4.69, 9.17) is 9.47 Å². The second-order valence-electron chi connectivity index (χ2n) is 6.89. The number of benzene rings is 1. The maximum Gasteiger partial charge on any atom is 0.165 e. The fourth-order valence-corrected chi connectivity index (χ4v) is 3.67. The Hall–Kier alpha value is -1.26. The van der Waals surface area contributed by atoms with Crippen LogP contribution in [0.5, 0.6) is 11.5 Å². The third-order valence-corrected chi connectivity index (χ3v) is 4.84. The smallest absolute Gasteiger partial charge is 0.165 e. The Bertz CT molecular complexity index is 506. The van der Waals surface area contributed by atoms with Gasteiger partial charge < -0.3 is 14.6 Å². The third kappa shape index (κ3) is 4.64. The first kappa shape index (κ1) is 19.1. The Morgan fingerprint density at radius 3 is 2.67 bits per heavy atom. The van der Waals surface area contributed by atoms with Crippen LogP contribution in [0.15, 0.2) is 18.2 Å². The van der Waals surface area contributed by atoms with Crippen molar-refractivity contribution in [2.75, 3.05) is 32.9 Å². The van der Waals surface area contributed by atoms with Crippen molar-refractivity contribution in [2.24, 2.45) is 5.41 Å². The van der Waals surface area contributed by atoms with E-state index in [9.17, 15) is 5.11 Å². The van der Waals surface area contributed by atoms with E-state index < -0.39 is 0 Å². The molecule has 1 atom stereocenters. The van der Waals surface area contributed by atoms with Gasteiger partial charge in [-0.05, 0) is 38.8 Å². The summed E-state index contributed by atoms with van der Waals surface area (Å²) in [6.45, 7) is 10.8. The molecule has 1 aliphatic heterocycles. The minimum Gasteiger partial charge on any atom is -0.490 e. The number of rotatable bonds is 10. The molecule has 0 saturated carbocycles. The molecule has 2 rings (SSSR count). The summed E-state index contributed by atoms with van der Waals surface area (Å²) in [4.78, 5) is 2.44. The summed E-state index contributed by atoms with van der Waals surface area (Å²) in [5, 5.41) is 9.84. The molecule has 1 heterocycles. The molecular weight excluding hydrogens is 302 g/mol. The number of ether oxygens (including phenoxy) is 2. The van der Waals surface area contributed by atoms with Gasteiger partial charge >= 0.3 is 0 Å². The molecule has 1 unspecified atom stereocenters. The molecule has 1 N–H and O–H groups in total. The predicted octanol–water partition coefficient (Wildman–Crippen LogP) is 3.86. The lowest BCUT2D eigenvalue weighted by molar-refractivity contribution is 0.117. The molecule has 24 heavy (non-hydrogen) atoms. The molecule has 136 valence electrons. The van der Waals surface area contributed by atoms with Crippen LogP contribution in [0, 0.1) is 5.41 Å². The normalized spacial score (nSPS) is 21.2. The number of para-hydroxylation sites is 1. The van der Waals surface area contributed by atoms with Crippen molar-refractivity contribution in [1.82, 2.24) is 4.90 Å². The molecule has 0 aliphatic carbocycles. The van der Waals surface area contributed by atoms with E-state index in [-0.39, 0.29) is 12.0 Å². The van der Waals surface area contributed by atoms with Gasteiger partial charge in [-0.3, -0.25) is 4.90 Å². The van der Waals surface area contributed by atoms with Crippen molar-refractivity contribution in [3.63, 3.8) is 0 Å². The highest BCUT2D eigenvalue weighted by Gasteiger charge is 2.36. The van der Waals surface area contributed by atoms with E-state index >= 15 is 0 Å². The van der Waals surface area contributed by atoms with Gasteiger partial charge in [0, 0.05) is 30.7 Å². The van der Waals surface area contributed by atoms with Crippen molar-refractivity contribution in [1.29, 1.82) is 0 Å². The van der Waals surface area contributed by atoms with Crippen LogP contribution < -0.4 is 9.47 Å². The van der Waals surface area contributed by atoms with Crippen molar-refractivity contribution < 1.29 is 14.6 Å². The van der Waals surface area contributed by atoms with Crippen LogP contribution in [0.2, 0.25) is 0 Å². The van der Waals surface area contributed by atoms with Gasteiger partial charge in [-0.2, -0.15) is 0 Å². The van der Waals surface area contributed by atoms with Gasteiger partial charge in [0.25, 0.3) is 0 Å². The van der Waals surface area contributed by atoms with E-state index in [1.54, 1.807) is 0 Å². The minimum absolute atomic E-state index is 0.0801. The molecule has 4 heteroatoms. The summed E-state index contributed by atoms with van der Waals surface area (Å²) in [6, 6.07) is 6.16. The van der Waals surface area contributed by atoms with Crippen LogP contribution in [0.1, 0.15) is 52.0 Å². The lowest BCUT2D eigenvalue weighted by atomic mass is 9.83. The fourth-order valence-electron chi connectivity index (χ4n) is 3.67. The average Bonchev–Trinajstić information content (AvgIpc) is 2.98. The summed E-state index contributed by atoms with van der Waals surface area (Å²) in [5.41, 5.74) is 1.26.